The Morgan fingerprint density at radius 3 is 2.76 bits per heavy atom. The molecule has 1 unspecified atom stereocenters. The minimum absolute atomic E-state index is 0.156. The van der Waals surface area contributed by atoms with Crippen molar-refractivity contribution in [1.29, 1.82) is 5.26 Å². The second kappa shape index (κ2) is 5.88. The summed E-state index contributed by atoms with van der Waals surface area (Å²) in [6.45, 7) is 2.12. The molecule has 0 bridgehead atoms. The number of rotatable bonds is 3. The van der Waals surface area contributed by atoms with E-state index < -0.39 is 0 Å². The molecule has 3 rings (SSSR count). The predicted molar refractivity (Wildman–Crippen MR) is 92.7 cm³/mol. The third kappa shape index (κ3) is 2.94. The van der Waals surface area contributed by atoms with E-state index >= 15 is 0 Å². The van der Waals surface area contributed by atoms with Crippen molar-refractivity contribution in [3.63, 3.8) is 0 Å². The number of halogens is 1. The van der Waals surface area contributed by atoms with Crippen molar-refractivity contribution in [2.75, 3.05) is 5.32 Å². The molecule has 21 heavy (non-hydrogen) atoms. The lowest BCUT2D eigenvalue weighted by molar-refractivity contribution is 0.908. The van der Waals surface area contributed by atoms with Gasteiger partial charge in [0.05, 0.1) is 17.3 Å². The second-order valence-corrected chi connectivity index (χ2v) is 6.89. The van der Waals surface area contributed by atoms with E-state index in [1.807, 2.05) is 18.2 Å². The van der Waals surface area contributed by atoms with E-state index in [4.69, 9.17) is 0 Å². The first-order valence-corrected chi connectivity index (χ1v) is 8.23. The molecule has 0 spiro atoms. The number of benzene rings is 2. The maximum atomic E-state index is 9.20. The zero-order valence-electron chi connectivity index (χ0n) is 11.4. The summed E-state index contributed by atoms with van der Waals surface area (Å²) in [5, 5.41) is 13.9. The Bertz CT molecular complexity index is 799. The van der Waals surface area contributed by atoms with E-state index in [2.05, 4.69) is 64.6 Å². The fourth-order valence-electron chi connectivity index (χ4n) is 2.25. The van der Waals surface area contributed by atoms with Crippen LogP contribution in [-0.4, -0.2) is 0 Å². The molecule has 0 saturated heterocycles. The van der Waals surface area contributed by atoms with Gasteiger partial charge in [-0.15, -0.1) is 11.3 Å². The highest BCUT2D eigenvalue weighted by Gasteiger charge is 2.11. The van der Waals surface area contributed by atoms with Crippen molar-refractivity contribution >= 4 is 43.0 Å². The molecular formula is C17H13BrN2S. The van der Waals surface area contributed by atoms with Gasteiger partial charge >= 0.3 is 0 Å². The van der Waals surface area contributed by atoms with Crippen LogP contribution in [0, 0.1) is 11.3 Å². The summed E-state index contributed by atoms with van der Waals surface area (Å²) in [6.07, 6.45) is 0. The van der Waals surface area contributed by atoms with Gasteiger partial charge in [0.2, 0.25) is 0 Å². The average molecular weight is 357 g/mol. The number of nitriles is 1. The van der Waals surface area contributed by atoms with Crippen molar-refractivity contribution in [2.24, 2.45) is 0 Å². The van der Waals surface area contributed by atoms with E-state index in [1.165, 1.54) is 15.0 Å². The normalized spacial score (nSPS) is 12.0. The van der Waals surface area contributed by atoms with Gasteiger partial charge in [-0.3, -0.25) is 0 Å². The maximum Gasteiger partial charge on any atom is 0.101 e. The molecular weight excluding hydrogens is 344 g/mol. The Morgan fingerprint density at radius 1 is 1.19 bits per heavy atom. The van der Waals surface area contributed by atoms with Crippen molar-refractivity contribution in [3.05, 3.63) is 63.4 Å². The molecule has 2 aromatic carbocycles. The van der Waals surface area contributed by atoms with Gasteiger partial charge in [-0.05, 0) is 42.6 Å². The van der Waals surface area contributed by atoms with Crippen LogP contribution in [0.3, 0.4) is 0 Å². The molecule has 1 aromatic heterocycles. The molecule has 0 fully saturated rings. The van der Waals surface area contributed by atoms with Crippen molar-refractivity contribution < 1.29 is 0 Å². The lowest BCUT2D eigenvalue weighted by atomic mass is 10.1. The molecule has 104 valence electrons. The Hall–Kier alpha value is -1.83. The zero-order chi connectivity index (χ0) is 14.8. The van der Waals surface area contributed by atoms with Crippen LogP contribution in [0.4, 0.5) is 5.69 Å². The number of nitrogens with one attached hydrogen (secondary N) is 1. The molecule has 1 heterocycles. The van der Waals surface area contributed by atoms with Gasteiger partial charge in [0, 0.05) is 14.0 Å². The molecule has 0 saturated carbocycles. The molecule has 4 heteroatoms. The largest absolute Gasteiger partial charge is 0.377 e. The summed E-state index contributed by atoms with van der Waals surface area (Å²) < 4.78 is 2.25. The lowest BCUT2D eigenvalue weighted by Gasteiger charge is -2.15. The number of hydrogen-bond donors (Lipinski definition) is 1. The fourth-order valence-corrected chi connectivity index (χ4v) is 3.68. The molecule has 3 aromatic rings. The van der Waals surface area contributed by atoms with E-state index in [0.717, 1.165) is 10.2 Å². The second-order valence-electron chi connectivity index (χ2n) is 4.85. The maximum absolute atomic E-state index is 9.20. The fraction of sp³-hybridized carbons (Fsp3) is 0.118. The molecule has 1 N–H and O–H groups in total. The van der Waals surface area contributed by atoms with E-state index in [-0.39, 0.29) is 6.04 Å². The SMILES string of the molecule is CC(Nc1cc(Br)ccc1C#N)c1cc2ccccc2s1. The van der Waals surface area contributed by atoms with Gasteiger partial charge in [-0.1, -0.05) is 34.1 Å². The molecule has 0 radical (unpaired) electrons. The van der Waals surface area contributed by atoms with Crippen LogP contribution < -0.4 is 5.32 Å². The third-order valence-electron chi connectivity index (χ3n) is 3.35. The van der Waals surface area contributed by atoms with Crippen LogP contribution in [0.5, 0.6) is 0 Å². The molecule has 0 aliphatic rings. The van der Waals surface area contributed by atoms with Gasteiger partial charge in [-0.2, -0.15) is 5.26 Å². The highest BCUT2D eigenvalue weighted by Crippen LogP contribution is 2.32. The molecule has 0 aliphatic heterocycles. The van der Waals surface area contributed by atoms with Crippen LogP contribution in [0.1, 0.15) is 23.4 Å². The van der Waals surface area contributed by atoms with Crippen molar-refractivity contribution in [2.45, 2.75) is 13.0 Å². The predicted octanol–water partition coefficient (Wildman–Crippen LogP) is 5.71. The Morgan fingerprint density at radius 2 is 2.00 bits per heavy atom. The van der Waals surface area contributed by atoms with Crippen LogP contribution >= 0.6 is 27.3 Å². The van der Waals surface area contributed by atoms with Gasteiger partial charge in [0.25, 0.3) is 0 Å². The number of fused-ring (bicyclic) bond motifs is 1. The van der Waals surface area contributed by atoms with E-state index in [1.54, 1.807) is 11.3 Å². The zero-order valence-corrected chi connectivity index (χ0v) is 13.8. The highest BCUT2D eigenvalue weighted by atomic mass is 79.9. The summed E-state index contributed by atoms with van der Waals surface area (Å²) in [4.78, 5) is 1.26. The number of hydrogen-bond acceptors (Lipinski definition) is 3. The summed E-state index contributed by atoms with van der Waals surface area (Å²) in [6, 6.07) is 18.6. The first kappa shape index (κ1) is 14.1. The average Bonchev–Trinajstić information content (AvgIpc) is 2.91. The van der Waals surface area contributed by atoms with E-state index in [0.29, 0.717) is 5.56 Å². The van der Waals surface area contributed by atoms with Crippen LogP contribution in [0.15, 0.2) is 53.0 Å². The summed E-state index contributed by atoms with van der Waals surface area (Å²) >= 11 is 5.24. The Labute approximate surface area is 136 Å². The van der Waals surface area contributed by atoms with Gasteiger partial charge in [-0.25, -0.2) is 0 Å². The first-order valence-electron chi connectivity index (χ1n) is 6.62. The van der Waals surface area contributed by atoms with Gasteiger partial charge in [0.15, 0.2) is 0 Å². The summed E-state index contributed by atoms with van der Waals surface area (Å²) in [7, 11) is 0. The van der Waals surface area contributed by atoms with Crippen molar-refractivity contribution in [1.82, 2.24) is 0 Å². The van der Waals surface area contributed by atoms with Gasteiger partial charge in [0.1, 0.15) is 6.07 Å². The Kier molecular flexibility index (Phi) is 3.96. The molecule has 1 atom stereocenters. The monoisotopic (exact) mass is 356 g/mol. The number of anilines is 1. The van der Waals surface area contributed by atoms with Crippen molar-refractivity contribution in [3.8, 4) is 6.07 Å². The van der Waals surface area contributed by atoms with Crippen LogP contribution in [0.25, 0.3) is 10.1 Å². The third-order valence-corrected chi connectivity index (χ3v) is 5.14. The van der Waals surface area contributed by atoms with Gasteiger partial charge < -0.3 is 5.32 Å². The molecule has 0 amide bonds. The van der Waals surface area contributed by atoms with Crippen LogP contribution in [0.2, 0.25) is 0 Å². The number of thiophene rings is 1. The molecule has 0 aliphatic carbocycles. The minimum Gasteiger partial charge on any atom is -0.377 e. The highest BCUT2D eigenvalue weighted by molar-refractivity contribution is 9.10. The minimum atomic E-state index is 0.156. The first-order chi connectivity index (χ1) is 10.2. The molecule has 2 nitrogen and oxygen atoms in total. The summed E-state index contributed by atoms with van der Waals surface area (Å²) in [5.74, 6) is 0. The standard InChI is InChI=1S/C17H13BrN2S/c1-11(17-8-12-4-2-3-5-16(12)21-17)20-15-9-14(18)7-6-13(15)10-19/h2-9,11,20H,1H3. The lowest BCUT2D eigenvalue weighted by Crippen LogP contribution is -2.06. The quantitative estimate of drug-likeness (QED) is 0.652. The topological polar surface area (TPSA) is 35.8 Å². The Balaban J connectivity index is 1.91. The summed E-state index contributed by atoms with van der Waals surface area (Å²) in [5.41, 5.74) is 1.52. The smallest absolute Gasteiger partial charge is 0.101 e. The van der Waals surface area contributed by atoms with E-state index in [9.17, 15) is 5.26 Å². The van der Waals surface area contributed by atoms with Crippen LogP contribution in [-0.2, 0) is 0 Å². The number of nitrogens with zero attached hydrogens (tertiary/aromatic N) is 1.